The molecule has 0 aromatic carbocycles. The largest absolute Gasteiger partial charge is 0.469 e. The molecule has 1 heterocycles. The molecule has 16 heavy (non-hydrogen) atoms. The van der Waals surface area contributed by atoms with Gasteiger partial charge >= 0.3 is 5.97 Å². The summed E-state index contributed by atoms with van der Waals surface area (Å²) in [5.74, 6) is -0.315. The van der Waals surface area contributed by atoms with Crippen LogP contribution in [0.2, 0.25) is 0 Å². The van der Waals surface area contributed by atoms with Gasteiger partial charge in [-0.15, -0.1) is 0 Å². The van der Waals surface area contributed by atoms with E-state index in [1.54, 1.807) is 0 Å². The molecule has 1 aliphatic heterocycles. The highest BCUT2D eigenvalue weighted by Gasteiger charge is 2.68. The molecule has 3 fully saturated rings. The van der Waals surface area contributed by atoms with Crippen molar-refractivity contribution >= 4 is 16.0 Å². The molecule has 2 aliphatic carbocycles. The van der Waals surface area contributed by atoms with E-state index < -0.39 is 21.2 Å². The SMILES string of the molecule is COC(=O)C1C2CC3C(NS(=O)(=O)C31)C2C. The van der Waals surface area contributed by atoms with Crippen molar-refractivity contribution in [1.29, 1.82) is 0 Å². The average Bonchev–Trinajstić information content (AvgIpc) is 2.80. The summed E-state index contributed by atoms with van der Waals surface area (Å²) in [6.45, 7) is 2.02. The third-order valence-electron chi connectivity index (χ3n) is 4.62. The summed E-state index contributed by atoms with van der Waals surface area (Å²) in [5.41, 5.74) is 0. The van der Waals surface area contributed by atoms with Gasteiger partial charge in [-0.3, -0.25) is 4.79 Å². The van der Waals surface area contributed by atoms with Gasteiger partial charge in [0.2, 0.25) is 10.0 Å². The van der Waals surface area contributed by atoms with Crippen LogP contribution in [0.3, 0.4) is 0 Å². The van der Waals surface area contributed by atoms with Crippen LogP contribution in [0.15, 0.2) is 0 Å². The fourth-order valence-corrected chi connectivity index (χ4v) is 6.35. The highest BCUT2D eigenvalue weighted by molar-refractivity contribution is 7.90. The van der Waals surface area contributed by atoms with Crippen LogP contribution in [-0.2, 0) is 19.6 Å². The number of sulfonamides is 1. The van der Waals surface area contributed by atoms with E-state index in [9.17, 15) is 13.2 Å². The Morgan fingerprint density at radius 2 is 2.06 bits per heavy atom. The molecule has 2 bridgehead atoms. The fraction of sp³-hybridized carbons (Fsp3) is 0.900. The van der Waals surface area contributed by atoms with Crippen LogP contribution in [0.5, 0.6) is 0 Å². The summed E-state index contributed by atoms with van der Waals surface area (Å²) < 4.78 is 31.3. The van der Waals surface area contributed by atoms with Crippen LogP contribution < -0.4 is 4.72 Å². The minimum Gasteiger partial charge on any atom is -0.469 e. The smallest absolute Gasteiger partial charge is 0.310 e. The maximum Gasteiger partial charge on any atom is 0.310 e. The lowest BCUT2D eigenvalue weighted by molar-refractivity contribution is -0.147. The van der Waals surface area contributed by atoms with Crippen molar-refractivity contribution in [2.75, 3.05) is 7.11 Å². The van der Waals surface area contributed by atoms with E-state index in [-0.39, 0.29) is 29.8 Å². The zero-order valence-corrected chi connectivity index (χ0v) is 10.0. The molecule has 6 heteroatoms. The molecule has 5 nitrogen and oxygen atoms in total. The van der Waals surface area contributed by atoms with Gasteiger partial charge in [0, 0.05) is 6.04 Å². The van der Waals surface area contributed by atoms with E-state index in [0.717, 1.165) is 6.42 Å². The predicted molar refractivity (Wildman–Crippen MR) is 55.9 cm³/mol. The Morgan fingerprint density at radius 1 is 1.38 bits per heavy atom. The van der Waals surface area contributed by atoms with Gasteiger partial charge in [0.1, 0.15) is 0 Å². The van der Waals surface area contributed by atoms with E-state index in [0.29, 0.717) is 0 Å². The molecule has 3 rings (SSSR count). The second kappa shape index (κ2) is 2.98. The second-order valence-electron chi connectivity index (χ2n) is 5.12. The Morgan fingerprint density at radius 3 is 2.69 bits per heavy atom. The summed E-state index contributed by atoms with van der Waals surface area (Å²) in [4.78, 5) is 11.7. The standard InChI is InChI=1S/C10H15NO4S/c1-4-5-3-6-8(4)11-16(13,14)9(6)7(5)10(12)15-2/h4-9,11H,3H2,1-2H3. The van der Waals surface area contributed by atoms with Crippen molar-refractivity contribution in [3.63, 3.8) is 0 Å². The fourth-order valence-electron chi connectivity index (χ4n) is 3.98. The van der Waals surface area contributed by atoms with Gasteiger partial charge in [-0.05, 0) is 24.2 Å². The number of esters is 1. The molecular formula is C10H15NO4S. The molecule has 0 aromatic heterocycles. The van der Waals surface area contributed by atoms with Crippen LogP contribution in [0, 0.1) is 23.7 Å². The van der Waals surface area contributed by atoms with E-state index in [1.807, 2.05) is 6.92 Å². The minimum absolute atomic E-state index is 0.0425. The number of rotatable bonds is 1. The zero-order valence-electron chi connectivity index (χ0n) is 9.21. The second-order valence-corrected chi connectivity index (χ2v) is 6.99. The summed E-state index contributed by atoms with van der Waals surface area (Å²) in [7, 11) is -1.99. The average molecular weight is 245 g/mol. The first kappa shape index (κ1) is 10.5. The van der Waals surface area contributed by atoms with Crippen LogP contribution in [0.25, 0.3) is 0 Å². The molecular weight excluding hydrogens is 230 g/mol. The summed E-state index contributed by atoms with van der Waals surface area (Å²) in [5, 5.41) is -0.550. The third-order valence-corrected chi connectivity index (χ3v) is 6.58. The number of fused-ring (bicyclic) bond motifs is 1. The number of ether oxygens (including phenoxy) is 1. The van der Waals surface area contributed by atoms with Crippen LogP contribution in [0.1, 0.15) is 13.3 Å². The topological polar surface area (TPSA) is 72.5 Å². The number of carbonyl (C=O) groups is 1. The van der Waals surface area contributed by atoms with Crippen molar-refractivity contribution in [1.82, 2.24) is 4.72 Å². The Bertz CT molecular complexity index is 446. The highest BCUT2D eigenvalue weighted by Crippen LogP contribution is 2.57. The Hall–Kier alpha value is -0.620. The first-order chi connectivity index (χ1) is 7.47. The number of nitrogens with one attached hydrogen (secondary N) is 1. The number of hydrogen-bond donors (Lipinski definition) is 1. The number of hydrogen-bond acceptors (Lipinski definition) is 4. The molecule has 3 aliphatic rings. The van der Waals surface area contributed by atoms with Gasteiger partial charge in [-0.25, -0.2) is 13.1 Å². The molecule has 0 radical (unpaired) electrons. The van der Waals surface area contributed by atoms with E-state index in [4.69, 9.17) is 4.74 Å². The van der Waals surface area contributed by atoms with Crippen molar-refractivity contribution in [2.24, 2.45) is 23.7 Å². The monoisotopic (exact) mass is 245 g/mol. The molecule has 1 N–H and O–H groups in total. The van der Waals surface area contributed by atoms with Crippen molar-refractivity contribution in [3.8, 4) is 0 Å². The molecule has 0 spiro atoms. The Labute approximate surface area is 94.6 Å². The van der Waals surface area contributed by atoms with E-state index in [2.05, 4.69) is 4.72 Å². The quantitative estimate of drug-likeness (QED) is 0.646. The Balaban J connectivity index is 2.07. The zero-order chi connectivity index (χ0) is 11.7. The van der Waals surface area contributed by atoms with Crippen LogP contribution >= 0.6 is 0 Å². The van der Waals surface area contributed by atoms with Crippen LogP contribution in [0.4, 0.5) is 0 Å². The van der Waals surface area contributed by atoms with Gasteiger partial charge in [-0.2, -0.15) is 0 Å². The number of methoxy groups -OCH3 is 1. The lowest BCUT2D eigenvalue weighted by Gasteiger charge is -2.28. The first-order valence-electron chi connectivity index (χ1n) is 5.56. The molecule has 6 atom stereocenters. The summed E-state index contributed by atoms with van der Waals surface area (Å²) in [6.07, 6.45) is 0.836. The molecule has 2 saturated carbocycles. The van der Waals surface area contributed by atoms with Crippen molar-refractivity contribution in [2.45, 2.75) is 24.6 Å². The van der Waals surface area contributed by atoms with Gasteiger partial charge < -0.3 is 4.74 Å². The van der Waals surface area contributed by atoms with Crippen molar-refractivity contribution < 1.29 is 17.9 Å². The van der Waals surface area contributed by atoms with Gasteiger partial charge in [0.25, 0.3) is 0 Å². The number of carbonyl (C=O) groups excluding carboxylic acids is 1. The maximum atomic E-state index is 11.9. The molecule has 0 amide bonds. The predicted octanol–water partition coefficient (Wildman–Crippen LogP) is -0.268. The van der Waals surface area contributed by atoms with Crippen LogP contribution in [-0.4, -0.2) is 32.8 Å². The lowest BCUT2D eigenvalue weighted by Crippen LogP contribution is -2.40. The molecule has 6 unspecified atom stereocenters. The molecule has 1 saturated heterocycles. The van der Waals surface area contributed by atoms with E-state index in [1.165, 1.54) is 7.11 Å². The van der Waals surface area contributed by atoms with E-state index >= 15 is 0 Å². The lowest BCUT2D eigenvalue weighted by atomic mass is 9.79. The minimum atomic E-state index is -3.32. The highest BCUT2D eigenvalue weighted by atomic mass is 32.2. The normalized spacial score (nSPS) is 51.9. The molecule has 0 aromatic rings. The summed E-state index contributed by atoms with van der Waals surface area (Å²) >= 11 is 0. The Kier molecular flexibility index (Phi) is 1.96. The first-order valence-corrected chi connectivity index (χ1v) is 7.11. The molecule has 90 valence electrons. The maximum absolute atomic E-state index is 11.9. The van der Waals surface area contributed by atoms with Gasteiger partial charge in [0.05, 0.1) is 18.3 Å². The van der Waals surface area contributed by atoms with Gasteiger partial charge in [-0.1, -0.05) is 6.92 Å². The third kappa shape index (κ3) is 1.04. The van der Waals surface area contributed by atoms with Gasteiger partial charge in [0.15, 0.2) is 0 Å². The van der Waals surface area contributed by atoms with Crippen molar-refractivity contribution in [3.05, 3.63) is 0 Å². The summed E-state index contributed by atoms with van der Waals surface area (Å²) in [6, 6.07) is 0.0425.